The van der Waals surface area contributed by atoms with Crippen molar-refractivity contribution < 1.29 is 13.9 Å². The number of nitrogens with one attached hydrogen (secondary N) is 2. The Morgan fingerprint density at radius 3 is 2.75 bits per heavy atom. The van der Waals surface area contributed by atoms with Crippen molar-refractivity contribution in [1.82, 2.24) is 14.8 Å². The highest BCUT2D eigenvalue weighted by atomic mass is 79.9. The van der Waals surface area contributed by atoms with Gasteiger partial charge in [0.2, 0.25) is 11.1 Å². The van der Waals surface area contributed by atoms with Gasteiger partial charge in [0.25, 0.3) is 5.91 Å². The van der Waals surface area contributed by atoms with E-state index in [9.17, 15) is 4.79 Å². The molecule has 1 aliphatic heterocycles. The summed E-state index contributed by atoms with van der Waals surface area (Å²) < 4.78 is 13.5. The topological polar surface area (TPSA) is 94.2 Å². The lowest BCUT2D eigenvalue weighted by Gasteiger charge is -2.27. The quantitative estimate of drug-likeness (QED) is 0.238. The SMILES string of the molecule is COc1ccccc1NC(=O)C1=C(C)Nc2nc(SCc3ccccc3Cl)nn2C1c1ccc(Br)o1. The van der Waals surface area contributed by atoms with Gasteiger partial charge >= 0.3 is 0 Å². The Labute approximate surface area is 225 Å². The lowest BCUT2D eigenvalue weighted by Crippen LogP contribution is -2.31. The van der Waals surface area contributed by atoms with Crippen LogP contribution in [0.3, 0.4) is 0 Å². The molecule has 3 heterocycles. The first kappa shape index (κ1) is 24.5. The first-order valence-corrected chi connectivity index (χ1v) is 13.1. The normalized spacial score (nSPS) is 14.8. The van der Waals surface area contributed by atoms with Crippen molar-refractivity contribution in [2.24, 2.45) is 0 Å². The third-order valence-electron chi connectivity index (χ3n) is 5.61. The molecule has 4 aromatic rings. The fourth-order valence-electron chi connectivity index (χ4n) is 3.92. The number of methoxy groups -OCH3 is 1. The molecular formula is C25H21BrClN5O3S. The number of aromatic nitrogens is 3. The molecule has 2 aromatic heterocycles. The second-order valence-electron chi connectivity index (χ2n) is 7.91. The molecule has 0 radical (unpaired) electrons. The summed E-state index contributed by atoms with van der Waals surface area (Å²) in [4.78, 5) is 18.3. The number of allylic oxidation sites excluding steroid dienone is 1. The molecule has 184 valence electrons. The van der Waals surface area contributed by atoms with E-state index in [1.54, 1.807) is 30.0 Å². The summed E-state index contributed by atoms with van der Waals surface area (Å²) in [6.45, 7) is 1.83. The summed E-state index contributed by atoms with van der Waals surface area (Å²) in [5, 5.41) is 12.1. The van der Waals surface area contributed by atoms with Crippen LogP contribution < -0.4 is 15.4 Å². The number of fused-ring (bicyclic) bond motifs is 1. The van der Waals surface area contributed by atoms with E-state index in [1.807, 2.05) is 49.4 Å². The average molecular weight is 587 g/mol. The smallest absolute Gasteiger partial charge is 0.256 e. The number of carbonyl (C=O) groups is 1. The lowest BCUT2D eigenvalue weighted by molar-refractivity contribution is -0.113. The van der Waals surface area contributed by atoms with E-state index in [-0.39, 0.29) is 5.91 Å². The number of ether oxygens (including phenoxy) is 1. The van der Waals surface area contributed by atoms with Crippen molar-refractivity contribution in [3.63, 3.8) is 0 Å². The van der Waals surface area contributed by atoms with Gasteiger partial charge in [-0.25, -0.2) is 4.68 Å². The molecule has 1 unspecified atom stereocenters. The van der Waals surface area contributed by atoms with Gasteiger partial charge in [-0.15, -0.1) is 5.10 Å². The number of nitrogens with zero attached hydrogens (tertiary/aromatic N) is 3. The van der Waals surface area contributed by atoms with E-state index in [1.165, 1.54) is 11.8 Å². The number of hydrogen-bond donors (Lipinski definition) is 2. The van der Waals surface area contributed by atoms with Gasteiger partial charge in [0, 0.05) is 16.5 Å². The number of thioether (sulfide) groups is 1. The van der Waals surface area contributed by atoms with Crippen LogP contribution in [-0.2, 0) is 10.5 Å². The molecule has 0 spiro atoms. The third kappa shape index (κ3) is 4.88. The third-order valence-corrected chi connectivity index (χ3v) is 7.29. The first-order chi connectivity index (χ1) is 17.4. The summed E-state index contributed by atoms with van der Waals surface area (Å²) >= 11 is 11.1. The molecule has 1 atom stereocenters. The maximum absolute atomic E-state index is 13.6. The van der Waals surface area contributed by atoms with Crippen LogP contribution in [0.25, 0.3) is 0 Å². The largest absolute Gasteiger partial charge is 0.495 e. The number of halogens is 2. The Kier molecular flexibility index (Phi) is 7.08. The number of rotatable bonds is 7. The molecule has 0 aliphatic carbocycles. The predicted octanol–water partition coefficient (Wildman–Crippen LogP) is 6.52. The zero-order chi connectivity index (χ0) is 25.2. The van der Waals surface area contributed by atoms with Crippen LogP contribution in [0.15, 0.2) is 86.2 Å². The summed E-state index contributed by atoms with van der Waals surface area (Å²) in [6.07, 6.45) is 0. The van der Waals surface area contributed by atoms with Crippen molar-refractivity contribution in [2.45, 2.75) is 23.9 Å². The highest BCUT2D eigenvalue weighted by molar-refractivity contribution is 9.10. The molecule has 0 fully saturated rings. The minimum Gasteiger partial charge on any atom is -0.495 e. The molecule has 36 heavy (non-hydrogen) atoms. The minimum atomic E-state index is -0.635. The predicted molar refractivity (Wildman–Crippen MR) is 144 cm³/mol. The van der Waals surface area contributed by atoms with Gasteiger partial charge in [-0.2, -0.15) is 4.98 Å². The zero-order valence-electron chi connectivity index (χ0n) is 19.3. The molecular weight excluding hydrogens is 566 g/mol. The van der Waals surface area contributed by atoms with Crippen molar-refractivity contribution in [3.05, 3.63) is 92.9 Å². The lowest BCUT2D eigenvalue weighted by atomic mass is 10.00. The zero-order valence-corrected chi connectivity index (χ0v) is 22.4. The van der Waals surface area contributed by atoms with Crippen LogP contribution in [0, 0.1) is 0 Å². The number of carbonyl (C=O) groups excluding carboxylic acids is 1. The number of furan rings is 1. The van der Waals surface area contributed by atoms with Crippen molar-refractivity contribution in [2.75, 3.05) is 17.7 Å². The average Bonchev–Trinajstić information content (AvgIpc) is 3.48. The molecule has 1 aliphatic rings. The molecule has 11 heteroatoms. The molecule has 0 bridgehead atoms. The number of benzene rings is 2. The summed E-state index contributed by atoms with van der Waals surface area (Å²) in [5.41, 5.74) is 2.64. The van der Waals surface area contributed by atoms with E-state index in [4.69, 9.17) is 25.9 Å². The van der Waals surface area contributed by atoms with Gasteiger partial charge in [-0.05, 0) is 58.7 Å². The molecule has 1 amide bonds. The first-order valence-electron chi connectivity index (χ1n) is 10.9. The highest BCUT2D eigenvalue weighted by Crippen LogP contribution is 2.39. The van der Waals surface area contributed by atoms with Crippen LogP contribution in [0.5, 0.6) is 5.75 Å². The Morgan fingerprint density at radius 1 is 1.22 bits per heavy atom. The van der Waals surface area contributed by atoms with Crippen LogP contribution in [-0.4, -0.2) is 27.8 Å². The van der Waals surface area contributed by atoms with Crippen LogP contribution in [0.4, 0.5) is 11.6 Å². The fraction of sp³-hybridized carbons (Fsp3) is 0.160. The van der Waals surface area contributed by atoms with Gasteiger partial charge in [-0.1, -0.05) is 53.7 Å². The molecule has 8 nitrogen and oxygen atoms in total. The fourth-order valence-corrected chi connectivity index (χ4v) is 5.35. The summed E-state index contributed by atoms with van der Waals surface area (Å²) in [6, 6.07) is 17.9. The van der Waals surface area contributed by atoms with Crippen molar-refractivity contribution in [3.8, 4) is 5.75 Å². The van der Waals surface area contributed by atoms with E-state index in [0.717, 1.165) is 5.56 Å². The Bertz CT molecular complexity index is 1470. The summed E-state index contributed by atoms with van der Waals surface area (Å²) in [5.74, 6) is 1.91. The number of para-hydroxylation sites is 2. The summed E-state index contributed by atoms with van der Waals surface area (Å²) in [7, 11) is 1.56. The van der Waals surface area contributed by atoms with E-state index in [2.05, 4.69) is 31.5 Å². The monoisotopic (exact) mass is 585 g/mol. The standard InChI is InChI=1S/C25H21BrClN5O3S/c1-14-21(23(33)29-17-9-5-6-10-18(17)34-2)22(19-11-12-20(26)35-19)32-24(28-14)30-25(31-32)36-13-15-7-3-4-8-16(15)27/h3-12,22H,13H2,1-2H3,(H,29,33)(H,28,30,31). The number of hydrogen-bond acceptors (Lipinski definition) is 7. The highest BCUT2D eigenvalue weighted by Gasteiger charge is 2.36. The molecule has 2 aromatic carbocycles. The maximum atomic E-state index is 13.6. The van der Waals surface area contributed by atoms with Crippen LogP contribution in [0.2, 0.25) is 5.02 Å². The van der Waals surface area contributed by atoms with Crippen LogP contribution in [0.1, 0.15) is 24.3 Å². The van der Waals surface area contributed by atoms with E-state index in [0.29, 0.717) is 55.0 Å². The maximum Gasteiger partial charge on any atom is 0.256 e. The van der Waals surface area contributed by atoms with Gasteiger partial charge in [-0.3, -0.25) is 4.79 Å². The second kappa shape index (κ2) is 10.4. The second-order valence-corrected chi connectivity index (χ2v) is 10.0. The van der Waals surface area contributed by atoms with E-state index < -0.39 is 6.04 Å². The van der Waals surface area contributed by atoms with Gasteiger partial charge in [0.1, 0.15) is 17.6 Å². The Balaban J connectivity index is 1.48. The minimum absolute atomic E-state index is 0.312. The van der Waals surface area contributed by atoms with Gasteiger partial charge in [0.15, 0.2) is 4.67 Å². The Morgan fingerprint density at radius 2 is 2.00 bits per heavy atom. The Hall–Kier alpha value is -3.21. The van der Waals surface area contributed by atoms with Crippen molar-refractivity contribution >= 4 is 56.8 Å². The van der Waals surface area contributed by atoms with E-state index >= 15 is 0 Å². The molecule has 5 rings (SSSR count). The van der Waals surface area contributed by atoms with Gasteiger partial charge < -0.3 is 19.8 Å². The number of anilines is 2. The van der Waals surface area contributed by atoms with Crippen molar-refractivity contribution in [1.29, 1.82) is 0 Å². The van der Waals surface area contributed by atoms with Crippen LogP contribution >= 0.6 is 39.3 Å². The molecule has 2 N–H and O–H groups in total. The molecule has 0 saturated heterocycles. The van der Waals surface area contributed by atoms with Gasteiger partial charge in [0.05, 0.1) is 18.4 Å². The molecule has 0 saturated carbocycles. The number of amides is 1.